The summed E-state index contributed by atoms with van der Waals surface area (Å²) in [6.07, 6.45) is 3.73. The van der Waals surface area contributed by atoms with Crippen LogP contribution in [0.15, 0.2) is 18.2 Å². The first-order valence-electron chi connectivity index (χ1n) is 11.3. The standard InChI is InChI=1S/C23H28N4O7/c1-34-19(30)9-4-2-3-5-12-24-18(29)13-25-15-8-6-7-14-20(15)23(33)27(22(14)32)16-10-11-17(28)26-21(16)31/h6-8,16,25H,2-5,9-13H2,1H3,(H,24,29)(H,26,28,31). The summed E-state index contributed by atoms with van der Waals surface area (Å²) in [6, 6.07) is 3.63. The molecule has 2 aliphatic heterocycles. The van der Waals surface area contributed by atoms with E-state index in [-0.39, 0.29) is 42.4 Å². The van der Waals surface area contributed by atoms with Gasteiger partial charge in [-0.25, -0.2) is 0 Å². The van der Waals surface area contributed by atoms with Crippen molar-refractivity contribution in [2.24, 2.45) is 0 Å². The Labute approximate surface area is 196 Å². The Hall–Kier alpha value is -3.76. The average molecular weight is 472 g/mol. The van der Waals surface area contributed by atoms with Gasteiger partial charge in [-0.2, -0.15) is 0 Å². The first-order chi connectivity index (χ1) is 16.3. The van der Waals surface area contributed by atoms with Gasteiger partial charge in [0.2, 0.25) is 17.7 Å². The number of imide groups is 2. The fourth-order valence-corrected chi connectivity index (χ4v) is 3.98. The van der Waals surface area contributed by atoms with E-state index in [0.717, 1.165) is 30.6 Å². The number of nitrogens with one attached hydrogen (secondary N) is 3. The topological polar surface area (TPSA) is 151 Å². The highest BCUT2D eigenvalue weighted by molar-refractivity contribution is 6.25. The molecule has 1 aromatic carbocycles. The van der Waals surface area contributed by atoms with Crippen molar-refractivity contribution in [3.63, 3.8) is 0 Å². The lowest BCUT2D eigenvalue weighted by Crippen LogP contribution is -2.54. The number of nitrogens with zero attached hydrogens (tertiary/aromatic N) is 1. The Morgan fingerprint density at radius 3 is 2.59 bits per heavy atom. The number of ether oxygens (including phenoxy) is 1. The summed E-state index contributed by atoms with van der Waals surface area (Å²) in [6.45, 7) is 0.380. The molecule has 3 N–H and O–H groups in total. The third-order valence-electron chi connectivity index (χ3n) is 5.77. The second-order valence-corrected chi connectivity index (χ2v) is 8.12. The van der Waals surface area contributed by atoms with Crippen molar-refractivity contribution >= 4 is 41.2 Å². The summed E-state index contributed by atoms with van der Waals surface area (Å²) < 4.78 is 4.58. The van der Waals surface area contributed by atoms with Crippen LogP contribution < -0.4 is 16.0 Å². The maximum Gasteiger partial charge on any atom is 0.305 e. The largest absolute Gasteiger partial charge is 0.469 e. The molecule has 0 aromatic heterocycles. The summed E-state index contributed by atoms with van der Waals surface area (Å²) >= 11 is 0. The number of benzene rings is 1. The third-order valence-corrected chi connectivity index (χ3v) is 5.77. The van der Waals surface area contributed by atoms with E-state index in [1.165, 1.54) is 13.2 Å². The Bertz CT molecular complexity index is 1010. The van der Waals surface area contributed by atoms with E-state index in [2.05, 4.69) is 20.7 Å². The number of hydrogen-bond donors (Lipinski definition) is 3. The van der Waals surface area contributed by atoms with Crippen molar-refractivity contribution in [2.45, 2.75) is 51.0 Å². The summed E-state index contributed by atoms with van der Waals surface area (Å²) in [5.41, 5.74) is 0.575. The summed E-state index contributed by atoms with van der Waals surface area (Å²) in [5, 5.41) is 7.84. The molecular formula is C23H28N4O7. The van der Waals surface area contributed by atoms with Gasteiger partial charge < -0.3 is 15.4 Å². The summed E-state index contributed by atoms with van der Waals surface area (Å²) in [7, 11) is 1.36. The molecule has 0 spiro atoms. The molecule has 34 heavy (non-hydrogen) atoms. The smallest absolute Gasteiger partial charge is 0.305 e. The van der Waals surface area contributed by atoms with E-state index >= 15 is 0 Å². The third kappa shape index (κ3) is 5.77. The van der Waals surface area contributed by atoms with Crippen LogP contribution in [0.25, 0.3) is 0 Å². The zero-order chi connectivity index (χ0) is 24.7. The van der Waals surface area contributed by atoms with Crippen molar-refractivity contribution in [3.05, 3.63) is 29.3 Å². The highest BCUT2D eigenvalue weighted by atomic mass is 16.5. The van der Waals surface area contributed by atoms with Crippen molar-refractivity contribution in [1.82, 2.24) is 15.5 Å². The van der Waals surface area contributed by atoms with E-state index in [9.17, 15) is 28.8 Å². The zero-order valence-corrected chi connectivity index (χ0v) is 19.0. The highest BCUT2D eigenvalue weighted by Crippen LogP contribution is 2.32. The van der Waals surface area contributed by atoms with Gasteiger partial charge in [-0.3, -0.25) is 39.0 Å². The predicted molar refractivity (Wildman–Crippen MR) is 120 cm³/mol. The average Bonchev–Trinajstić information content (AvgIpc) is 3.07. The number of piperidine rings is 1. The van der Waals surface area contributed by atoms with Crippen LogP contribution in [0.3, 0.4) is 0 Å². The number of carbonyl (C=O) groups excluding carboxylic acids is 6. The SMILES string of the molecule is COC(=O)CCCCCCNC(=O)CNc1cccc2c1C(=O)N(C1CCC(=O)NC1=O)C2=O. The molecule has 0 bridgehead atoms. The van der Waals surface area contributed by atoms with Gasteiger partial charge in [0.05, 0.1) is 24.8 Å². The number of hydrogen-bond acceptors (Lipinski definition) is 8. The Morgan fingerprint density at radius 1 is 1.09 bits per heavy atom. The second-order valence-electron chi connectivity index (χ2n) is 8.12. The van der Waals surface area contributed by atoms with Gasteiger partial charge in [0.15, 0.2) is 0 Å². The Kier molecular flexibility index (Phi) is 8.34. The van der Waals surface area contributed by atoms with Gasteiger partial charge in [0, 0.05) is 25.1 Å². The number of rotatable bonds is 11. The number of unbranched alkanes of at least 4 members (excludes halogenated alkanes) is 3. The fraction of sp³-hybridized carbons (Fsp3) is 0.478. The van der Waals surface area contributed by atoms with Crippen molar-refractivity contribution in [2.75, 3.05) is 25.5 Å². The quantitative estimate of drug-likeness (QED) is 0.242. The summed E-state index contributed by atoms with van der Waals surface area (Å²) in [4.78, 5) is 73.6. The molecule has 1 unspecified atom stereocenters. The first-order valence-corrected chi connectivity index (χ1v) is 11.3. The lowest BCUT2D eigenvalue weighted by Gasteiger charge is -2.27. The van der Waals surface area contributed by atoms with E-state index in [0.29, 0.717) is 18.7 Å². The Balaban J connectivity index is 1.50. The van der Waals surface area contributed by atoms with Crippen LogP contribution >= 0.6 is 0 Å². The molecule has 11 heteroatoms. The summed E-state index contributed by atoms with van der Waals surface area (Å²) in [5.74, 6) is -2.85. The van der Waals surface area contributed by atoms with Crippen LogP contribution in [-0.4, -0.2) is 66.6 Å². The van der Waals surface area contributed by atoms with Gasteiger partial charge in [0.25, 0.3) is 11.8 Å². The van der Waals surface area contributed by atoms with Gasteiger partial charge in [0.1, 0.15) is 6.04 Å². The number of amides is 5. The minimum atomic E-state index is -1.05. The Morgan fingerprint density at radius 2 is 1.85 bits per heavy atom. The molecule has 1 aromatic rings. The minimum absolute atomic E-state index is 0.0420. The molecule has 182 valence electrons. The maximum atomic E-state index is 13.0. The molecule has 0 saturated carbocycles. The lowest BCUT2D eigenvalue weighted by atomic mass is 10.0. The second kappa shape index (κ2) is 11.4. The van der Waals surface area contributed by atoms with Crippen LogP contribution in [-0.2, 0) is 23.9 Å². The molecule has 1 fully saturated rings. The molecule has 11 nitrogen and oxygen atoms in total. The lowest BCUT2D eigenvalue weighted by molar-refractivity contribution is -0.141. The molecule has 3 rings (SSSR count). The highest BCUT2D eigenvalue weighted by Gasteiger charge is 2.45. The van der Waals surface area contributed by atoms with E-state index in [1.54, 1.807) is 12.1 Å². The van der Waals surface area contributed by atoms with Gasteiger partial charge in [-0.1, -0.05) is 18.9 Å². The minimum Gasteiger partial charge on any atom is -0.469 e. The van der Waals surface area contributed by atoms with Crippen molar-refractivity contribution in [1.29, 1.82) is 0 Å². The molecule has 5 amide bonds. The predicted octanol–water partition coefficient (Wildman–Crippen LogP) is 0.739. The van der Waals surface area contributed by atoms with Crippen molar-refractivity contribution in [3.8, 4) is 0 Å². The van der Waals surface area contributed by atoms with Gasteiger partial charge in [-0.05, 0) is 31.4 Å². The van der Waals surface area contributed by atoms with Crippen LogP contribution in [0.2, 0.25) is 0 Å². The maximum absolute atomic E-state index is 13.0. The first kappa shape index (κ1) is 24.9. The van der Waals surface area contributed by atoms with Crippen LogP contribution in [0.1, 0.15) is 65.7 Å². The number of methoxy groups -OCH3 is 1. The molecule has 1 saturated heterocycles. The molecule has 0 radical (unpaired) electrons. The van der Waals surface area contributed by atoms with Crippen LogP contribution in [0, 0.1) is 0 Å². The van der Waals surface area contributed by atoms with E-state index in [4.69, 9.17) is 0 Å². The molecule has 2 aliphatic rings. The van der Waals surface area contributed by atoms with E-state index in [1.807, 2.05) is 0 Å². The monoisotopic (exact) mass is 472 g/mol. The number of anilines is 1. The molecule has 1 atom stereocenters. The number of fused-ring (bicyclic) bond motifs is 1. The van der Waals surface area contributed by atoms with Gasteiger partial charge >= 0.3 is 5.97 Å². The number of esters is 1. The van der Waals surface area contributed by atoms with Gasteiger partial charge in [-0.15, -0.1) is 0 Å². The van der Waals surface area contributed by atoms with Crippen LogP contribution in [0.4, 0.5) is 5.69 Å². The number of carbonyl (C=O) groups is 6. The zero-order valence-electron chi connectivity index (χ0n) is 19.0. The molecule has 0 aliphatic carbocycles. The van der Waals surface area contributed by atoms with Crippen molar-refractivity contribution < 1.29 is 33.5 Å². The molecule has 2 heterocycles. The molecular weight excluding hydrogens is 444 g/mol. The van der Waals surface area contributed by atoms with E-state index < -0.39 is 29.7 Å². The fourth-order valence-electron chi connectivity index (χ4n) is 3.98. The normalized spacial score (nSPS) is 17.3. The van der Waals surface area contributed by atoms with Crippen LogP contribution in [0.5, 0.6) is 0 Å².